The Labute approximate surface area is 113 Å². The van der Waals surface area contributed by atoms with Crippen LogP contribution in [0.4, 0.5) is 0 Å². The van der Waals surface area contributed by atoms with E-state index in [1.54, 1.807) is 0 Å². The molecule has 0 aliphatic carbocycles. The van der Waals surface area contributed by atoms with Gasteiger partial charge in [0.2, 0.25) is 0 Å². The second-order valence-corrected chi connectivity index (χ2v) is 5.38. The molecule has 0 N–H and O–H groups in total. The summed E-state index contributed by atoms with van der Waals surface area (Å²) < 4.78 is 6.14. The van der Waals surface area contributed by atoms with Crippen LogP contribution in [0, 0.1) is 20.8 Å². The average molecular weight is 250 g/mol. The standard InChI is InChI=1S/C18H18O/c1-10(2)14-8-9-16-15-7-6-11(3)12(4)17(15)19-18(16)13(14)5/h6-9H,1H2,2-5H3. The minimum absolute atomic E-state index is 0.990. The van der Waals surface area contributed by atoms with Crippen LogP contribution in [0.3, 0.4) is 0 Å². The van der Waals surface area contributed by atoms with Gasteiger partial charge in [0.05, 0.1) is 0 Å². The maximum Gasteiger partial charge on any atom is 0.138 e. The fourth-order valence-corrected chi connectivity index (χ4v) is 2.73. The van der Waals surface area contributed by atoms with Gasteiger partial charge in [-0.25, -0.2) is 0 Å². The highest BCUT2D eigenvalue weighted by molar-refractivity contribution is 6.07. The minimum atomic E-state index is 0.990. The number of benzene rings is 2. The predicted molar refractivity (Wildman–Crippen MR) is 82.6 cm³/mol. The van der Waals surface area contributed by atoms with E-state index in [1.807, 2.05) is 6.92 Å². The second kappa shape index (κ2) is 3.99. The van der Waals surface area contributed by atoms with Gasteiger partial charge in [-0.05, 0) is 56.0 Å². The molecule has 3 rings (SSSR count). The SMILES string of the molecule is C=C(C)c1ccc2c(oc3c(C)c(C)ccc32)c1C. The summed E-state index contributed by atoms with van der Waals surface area (Å²) in [5.74, 6) is 0. The van der Waals surface area contributed by atoms with E-state index >= 15 is 0 Å². The maximum atomic E-state index is 6.14. The third-order valence-corrected chi connectivity index (χ3v) is 4.04. The third kappa shape index (κ3) is 1.61. The highest BCUT2D eigenvalue weighted by atomic mass is 16.3. The van der Waals surface area contributed by atoms with Gasteiger partial charge in [-0.1, -0.05) is 30.4 Å². The number of fused-ring (bicyclic) bond motifs is 3. The van der Waals surface area contributed by atoms with Crippen LogP contribution in [0.5, 0.6) is 0 Å². The van der Waals surface area contributed by atoms with Gasteiger partial charge in [0.25, 0.3) is 0 Å². The molecule has 0 unspecified atom stereocenters. The molecule has 0 bridgehead atoms. The van der Waals surface area contributed by atoms with E-state index in [0.717, 1.165) is 16.7 Å². The summed E-state index contributed by atoms with van der Waals surface area (Å²) in [6.45, 7) is 12.4. The van der Waals surface area contributed by atoms with Gasteiger partial charge in [-0.15, -0.1) is 0 Å². The van der Waals surface area contributed by atoms with Gasteiger partial charge < -0.3 is 4.42 Å². The number of furan rings is 1. The van der Waals surface area contributed by atoms with E-state index in [-0.39, 0.29) is 0 Å². The lowest BCUT2D eigenvalue weighted by Crippen LogP contribution is -1.84. The van der Waals surface area contributed by atoms with Crippen molar-refractivity contribution in [3.63, 3.8) is 0 Å². The van der Waals surface area contributed by atoms with E-state index in [1.165, 1.54) is 33.0 Å². The van der Waals surface area contributed by atoms with Gasteiger partial charge in [0, 0.05) is 10.8 Å². The molecule has 1 nitrogen and oxygen atoms in total. The van der Waals surface area contributed by atoms with E-state index in [0.29, 0.717) is 0 Å². The molecule has 0 amide bonds. The zero-order valence-electron chi connectivity index (χ0n) is 11.9. The first-order chi connectivity index (χ1) is 9.00. The van der Waals surface area contributed by atoms with Crippen LogP contribution in [0.25, 0.3) is 27.5 Å². The Morgan fingerprint density at radius 2 is 1.47 bits per heavy atom. The molecule has 1 heterocycles. The smallest absolute Gasteiger partial charge is 0.138 e. The van der Waals surface area contributed by atoms with Crippen LogP contribution >= 0.6 is 0 Å². The number of rotatable bonds is 1. The van der Waals surface area contributed by atoms with Crippen LogP contribution in [0.15, 0.2) is 35.3 Å². The number of hydrogen-bond acceptors (Lipinski definition) is 1. The summed E-state index contributed by atoms with van der Waals surface area (Å²) in [6.07, 6.45) is 0. The van der Waals surface area contributed by atoms with Crippen molar-refractivity contribution in [2.45, 2.75) is 27.7 Å². The summed E-state index contributed by atoms with van der Waals surface area (Å²) in [7, 11) is 0. The molecule has 96 valence electrons. The normalized spacial score (nSPS) is 11.4. The highest BCUT2D eigenvalue weighted by Gasteiger charge is 2.14. The van der Waals surface area contributed by atoms with E-state index in [4.69, 9.17) is 4.42 Å². The molecule has 3 aromatic rings. The Kier molecular flexibility index (Phi) is 2.53. The molecule has 0 fully saturated rings. The van der Waals surface area contributed by atoms with Gasteiger partial charge in [-0.2, -0.15) is 0 Å². The Morgan fingerprint density at radius 3 is 2.11 bits per heavy atom. The Hall–Kier alpha value is -2.02. The maximum absolute atomic E-state index is 6.14. The van der Waals surface area contributed by atoms with Gasteiger partial charge >= 0.3 is 0 Å². The third-order valence-electron chi connectivity index (χ3n) is 4.04. The summed E-state index contributed by atoms with van der Waals surface area (Å²) in [4.78, 5) is 0. The molecule has 1 aromatic heterocycles. The summed E-state index contributed by atoms with van der Waals surface area (Å²) in [5, 5.41) is 2.40. The molecule has 0 aliphatic rings. The first-order valence-corrected chi connectivity index (χ1v) is 6.58. The monoisotopic (exact) mass is 250 g/mol. The fourth-order valence-electron chi connectivity index (χ4n) is 2.73. The number of allylic oxidation sites excluding steroid dienone is 1. The molecule has 0 atom stereocenters. The molecule has 0 radical (unpaired) electrons. The van der Waals surface area contributed by atoms with E-state index in [9.17, 15) is 0 Å². The number of aryl methyl sites for hydroxylation is 3. The van der Waals surface area contributed by atoms with Crippen molar-refractivity contribution in [1.29, 1.82) is 0 Å². The van der Waals surface area contributed by atoms with E-state index < -0.39 is 0 Å². The molecule has 19 heavy (non-hydrogen) atoms. The quantitative estimate of drug-likeness (QED) is 0.552. The molecule has 1 heteroatoms. The molecular formula is C18H18O. The Morgan fingerprint density at radius 1 is 0.895 bits per heavy atom. The van der Waals surface area contributed by atoms with Crippen LogP contribution in [-0.4, -0.2) is 0 Å². The van der Waals surface area contributed by atoms with Gasteiger partial charge in [0.1, 0.15) is 11.2 Å². The second-order valence-electron chi connectivity index (χ2n) is 5.38. The minimum Gasteiger partial charge on any atom is -0.455 e. The number of hydrogen-bond donors (Lipinski definition) is 0. The lowest BCUT2D eigenvalue weighted by atomic mass is 9.99. The van der Waals surface area contributed by atoms with Gasteiger partial charge in [0.15, 0.2) is 0 Å². The van der Waals surface area contributed by atoms with Crippen LogP contribution < -0.4 is 0 Å². The highest BCUT2D eigenvalue weighted by Crippen LogP contribution is 2.35. The Bertz CT molecular complexity index is 819. The molecule has 0 spiro atoms. The fraction of sp³-hybridized carbons (Fsp3) is 0.222. The molecule has 0 saturated carbocycles. The molecule has 0 aliphatic heterocycles. The first-order valence-electron chi connectivity index (χ1n) is 6.58. The summed E-state index contributed by atoms with van der Waals surface area (Å²) >= 11 is 0. The van der Waals surface area contributed by atoms with Crippen molar-refractivity contribution in [2.75, 3.05) is 0 Å². The summed E-state index contributed by atoms with van der Waals surface area (Å²) in [5.41, 5.74) is 7.93. The molecular weight excluding hydrogens is 232 g/mol. The van der Waals surface area contributed by atoms with Crippen molar-refractivity contribution in [3.05, 3.63) is 53.1 Å². The van der Waals surface area contributed by atoms with Gasteiger partial charge in [-0.3, -0.25) is 0 Å². The van der Waals surface area contributed by atoms with Crippen molar-refractivity contribution in [3.8, 4) is 0 Å². The molecule has 0 saturated heterocycles. The zero-order chi connectivity index (χ0) is 13.7. The van der Waals surface area contributed by atoms with Crippen molar-refractivity contribution in [2.24, 2.45) is 0 Å². The predicted octanol–water partition coefficient (Wildman–Crippen LogP) is 5.54. The van der Waals surface area contributed by atoms with Crippen LogP contribution in [0.2, 0.25) is 0 Å². The first kappa shape index (κ1) is 12.0. The van der Waals surface area contributed by atoms with Crippen molar-refractivity contribution < 1.29 is 4.42 Å². The topological polar surface area (TPSA) is 13.1 Å². The lowest BCUT2D eigenvalue weighted by Gasteiger charge is -2.04. The molecule has 2 aromatic carbocycles. The van der Waals surface area contributed by atoms with E-state index in [2.05, 4.69) is 51.6 Å². The zero-order valence-corrected chi connectivity index (χ0v) is 11.9. The largest absolute Gasteiger partial charge is 0.455 e. The van der Waals surface area contributed by atoms with Crippen molar-refractivity contribution in [1.82, 2.24) is 0 Å². The van der Waals surface area contributed by atoms with Crippen molar-refractivity contribution >= 4 is 27.5 Å². The average Bonchev–Trinajstić information content (AvgIpc) is 2.74. The lowest BCUT2D eigenvalue weighted by molar-refractivity contribution is 0.662. The summed E-state index contributed by atoms with van der Waals surface area (Å²) in [6, 6.07) is 8.61. The van der Waals surface area contributed by atoms with Crippen LogP contribution in [0.1, 0.15) is 29.2 Å². The van der Waals surface area contributed by atoms with Crippen LogP contribution in [-0.2, 0) is 0 Å². The Balaban J connectivity index is 2.50.